The number of halogens is 1. The fourth-order valence-electron chi connectivity index (χ4n) is 1.93. The van der Waals surface area contributed by atoms with Crippen LogP contribution in [0.4, 0.5) is 5.95 Å². The Bertz CT molecular complexity index is 808. The second-order valence-corrected chi connectivity index (χ2v) is 6.37. The maximum absolute atomic E-state index is 12.1. The molecular weight excluding hydrogens is 322 g/mol. The van der Waals surface area contributed by atoms with E-state index in [0.717, 1.165) is 15.8 Å². The number of thioether (sulfide) groups is 1. The summed E-state index contributed by atoms with van der Waals surface area (Å²) < 4.78 is 0. The summed E-state index contributed by atoms with van der Waals surface area (Å²) in [6, 6.07) is 7.42. The standard InChI is InChI=1S/C14H12ClN5OS/c1-8(13(21)19-14-17-7-18-20-14)22-12-4-5-16-11-6-9(15)2-3-10(11)12/h2-8H,1H3,(H2,17,18,19,20,21). The smallest absolute Gasteiger partial charge is 0.239 e. The summed E-state index contributed by atoms with van der Waals surface area (Å²) in [7, 11) is 0. The monoisotopic (exact) mass is 333 g/mol. The first kappa shape index (κ1) is 14.8. The quantitative estimate of drug-likeness (QED) is 0.717. The number of benzene rings is 1. The van der Waals surface area contributed by atoms with Crippen LogP contribution in [0.25, 0.3) is 10.9 Å². The van der Waals surface area contributed by atoms with Crippen molar-refractivity contribution in [2.24, 2.45) is 0 Å². The number of hydrogen-bond acceptors (Lipinski definition) is 5. The molecule has 2 N–H and O–H groups in total. The van der Waals surface area contributed by atoms with E-state index in [4.69, 9.17) is 11.6 Å². The molecule has 0 saturated carbocycles. The van der Waals surface area contributed by atoms with Crippen molar-refractivity contribution in [3.8, 4) is 0 Å². The van der Waals surface area contributed by atoms with Crippen LogP contribution in [0, 0.1) is 0 Å². The summed E-state index contributed by atoms with van der Waals surface area (Å²) in [5.74, 6) is 0.185. The molecule has 6 nitrogen and oxygen atoms in total. The number of anilines is 1. The van der Waals surface area contributed by atoms with Gasteiger partial charge < -0.3 is 0 Å². The van der Waals surface area contributed by atoms with Gasteiger partial charge in [0.05, 0.1) is 10.8 Å². The fourth-order valence-corrected chi connectivity index (χ4v) is 3.08. The number of H-pyrrole nitrogens is 1. The van der Waals surface area contributed by atoms with Gasteiger partial charge in [0.25, 0.3) is 0 Å². The molecule has 22 heavy (non-hydrogen) atoms. The number of nitrogens with one attached hydrogen (secondary N) is 2. The number of hydrogen-bond donors (Lipinski definition) is 2. The van der Waals surface area contributed by atoms with Crippen molar-refractivity contribution in [2.45, 2.75) is 17.1 Å². The fraction of sp³-hybridized carbons (Fsp3) is 0.143. The highest BCUT2D eigenvalue weighted by molar-refractivity contribution is 8.00. The van der Waals surface area contributed by atoms with Crippen LogP contribution in [0.1, 0.15) is 6.92 Å². The van der Waals surface area contributed by atoms with Crippen LogP contribution < -0.4 is 5.32 Å². The second-order valence-electron chi connectivity index (χ2n) is 4.55. The first-order valence-corrected chi connectivity index (χ1v) is 7.76. The van der Waals surface area contributed by atoms with Gasteiger partial charge in [-0.3, -0.25) is 15.1 Å². The molecular formula is C14H12ClN5OS. The Morgan fingerprint density at radius 3 is 3.00 bits per heavy atom. The van der Waals surface area contributed by atoms with Crippen LogP contribution in [-0.2, 0) is 4.79 Å². The predicted molar refractivity (Wildman–Crippen MR) is 87.1 cm³/mol. The highest BCUT2D eigenvalue weighted by Crippen LogP contribution is 2.31. The molecule has 3 aromatic rings. The van der Waals surface area contributed by atoms with Gasteiger partial charge in [0.1, 0.15) is 6.33 Å². The number of aromatic amines is 1. The predicted octanol–water partition coefficient (Wildman–Crippen LogP) is 3.13. The topological polar surface area (TPSA) is 83.6 Å². The Labute approximate surface area is 135 Å². The molecule has 2 heterocycles. The number of amides is 1. The van der Waals surface area contributed by atoms with E-state index in [1.807, 2.05) is 25.1 Å². The SMILES string of the molecule is CC(Sc1ccnc2cc(Cl)ccc12)C(=O)Nc1ncn[nH]1. The van der Waals surface area contributed by atoms with Crippen molar-refractivity contribution >= 4 is 46.1 Å². The number of rotatable bonds is 4. The molecule has 0 aliphatic rings. The first-order chi connectivity index (χ1) is 10.6. The van der Waals surface area contributed by atoms with E-state index in [-0.39, 0.29) is 11.2 Å². The lowest BCUT2D eigenvalue weighted by atomic mass is 10.2. The van der Waals surface area contributed by atoms with Crippen LogP contribution in [-0.4, -0.2) is 31.3 Å². The van der Waals surface area contributed by atoms with Crippen LogP contribution in [0.15, 0.2) is 41.7 Å². The van der Waals surface area contributed by atoms with Gasteiger partial charge in [0, 0.05) is 21.5 Å². The minimum absolute atomic E-state index is 0.152. The molecule has 0 spiro atoms. The highest BCUT2D eigenvalue weighted by atomic mass is 35.5. The zero-order valence-corrected chi connectivity index (χ0v) is 13.1. The van der Waals surface area contributed by atoms with Crippen LogP contribution in [0.3, 0.4) is 0 Å². The van der Waals surface area contributed by atoms with E-state index in [2.05, 4.69) is 25.5 Å². The van der Waals surface area contributed by atoms with Gasteiger partial charge in [-0.25, -0.2) is 5.10 Å². The maximum atomic E-state index is 12.1. The Morgan fingerprint density at radius 2 is 2.23 bits per heavy atom. The summed E-state index contributed by atoms with van der Waals surface area (Å²) in [6.45, 7) is 1.83. The average Bonchev–Trinajstić information content (AvgIpc) is 3.00. The van der Waals surface area contributed by atoms with E-state index in [1.54, 1.807) is 12.3 Å². The van der Waals surface area contributed by atoms with E-state index in [0.29, 0.717) is 11.0 Å². The van der Waals surface area contributed by atoms with E-state index >= 15 is 0 Å². The number of carbonyl (C=O) groups excluding carboxylic acids is 1. The lowest BCUT2D eigenvalue weighted by Crippen LogP contribution is -2.23. The number of carbonyl (C=O) groups is 1. The Morgan fingerprint density at radius 1 is 1.36 bits per heavy atom. The lowest BCUT2D eigenvalue weighted by Gasteiger charge is -2.12. The number of aromatic nitrogens is 4. The molecule has 0 aliphatic heterocycles. The van der Waals surface area contributed by atoms with Gasteiger partial charge >= 0.3 is 0 Å². The largest absolute Gasteiger partial charge is 0.294 e. The molecule has 1 aromatic carbocycles. The molecule has 1 unspecified atom stereocenters. The summed E-state index contributed by atoms with van der Waals surface area (Å²) in [5.41, 5.74) is 0.806. The normalized spacial score (nSPS) is 12.3. The van der Waals surface area contributed by atoms with Crippen LogP contribution >= 0.6 is 23.4 Å². The van der Waals surface area contributed by atoms with E-state index < -0.39 is 0 Å². The summed E-state index contributed by atoms with van der Waals surface area (Å²) >= 11 is 7.43. The molecule has 3 rings (SSSR count). The van der Waals surface area contributed by atoms with Crippen molar-refractivity contribution < 1.29 is 4.79 Å². The van der Waals surface area contributed by atoms with E-state index in [1.165, 1.54) is 18.1 Å². The second kappa shape index (κ2) is 6.33. The molecule has 1 amide bonds. The third-order valence-electron chi connectivity index (χ3n) is 2.99. The van der Waals surface area contributed by atoms with Gasteiger partial charge in [-0.05, 0) is 25.1 Å². The number of fused-ring (bicyclic) bond motifs is 1. The van der Waals surface area contributed by atoms with Crippen LogP contribution in [0.2, 0.25) is 5.02 Å². The molecule has 0 radical (unpaired) electrons. The lowest BCUT2D eigenvalue weighted by molar-refractivity contribution is -0.115. The van der Waals surface area contributed by atoms with Gasteiger partial charge in [0.2, 0.25) is 11.9 Å². The Kier molecular flexibility index (Phi) is 4.26. The van der Waals surface area contributed by atoms with Gasteiger partial charge in [-0.15, -0.1) is 11.8 Å². The van der Waals surface area contributed by atoms with Crippen molar-refractivity contribution in [3.05, 3.63) is 41.8 Å². The van der Waals surface area contributed by atoms with Crippen molar-refractivity contribution in [3.63, 3.8) is 0 Å². The van der Waals surface area contributed by atoms with Gasteiger partial charge in [-0.1, -0.05) is 17.7 Å². The Balaban J connectivity index is 1.79. The molecule has 8 heteroatoms. The molecule has 0 bridgehead atoms. The van der Waals surface area contributed by atoms with Gasteiger partial charge in [-0.2, -0.15) is 10.1 Å². The number of pyridine rings is 1. The average molecular weight is 334 g/mol. The molecule has 2 aromatic heterocycles. The van der Waals surface area contributed by atoms with Gasteiger partial charge in [0.15, 0.2) is 0 Å². The minimum atomic E-state index is -0.300. The Hall–Kier alpha value is -2.12. The van der Waals surface area contributed by atoms with Crippen molar-refractivity contribution in [1.82, 2.24) is 20.2 Å². The molecule has 0 saturated heterocycles. The number of nitrogens with zero attached hydrogens (tertiary/aromatic N) is 3. The summed E-state index contributed by atoms with van der Waals surface area (Å²) in [4.78, 5) is 21.3. The van der Waals surface area contributed by atoms with E-state index in [9.17, 15) is 4.79 Å². The minimum Gasteiger partial charge on any atom is -0.294 e. The maximum Gasteiger partial charge on any atom is 0.239 e. The summed E-state index contributed by atoms with van der Waals surface area (Å²) in [5, 5.41) is 10.3. The highest BCUT2D eigenvalue weighted by Gasteiger charge is 2.17. The zero-order chi connectivity index (χ0) is 15.5. The van der Waals surface area contributed by atoms with Crippen LogP contribution in [0.5, 0.6) is 0 Å². The zero-order valence-electron chi connectivity index (χ0n) is 11.6. The molecule has 0 aliphatic carbocycles. The molecule has 112 valence electrons. The molecule has 1 atom stereocenters. The summed E-state index contributed by atoms with van der Waals surface area (Å²) in [6.07, 6.45) is 3.05. The first-order valence-electron chi connectivity index (χ1n) is 6.50. The third-order valence-corrected chi connectivity index (χ3v) is 4.41. The van der Waals surface area contributed by atoms with Crippen molar-refractivity contribution in [2.75, 3.05) is 5.32 Å². The molecule has 0 fully saturated rings. The third kappa shape index (κ3) is 3.20. The van der Waals surface area contributed by atoms with Crippen molar-refractivity contribution in [1.29, 1.82) is 0 Å².